The Morgan fingerprint density at radius 1 is 1.16 bits per heavy atom. The lowest BCUT2D eigenvalue weighted by Gasteiger charge is -2.04. The molecule has 2 heterocycles. The maximum atomic E-state index is 12.0. The van der Waals surface area contributed by atoms with Crippen LogP contribution in [0.1, 0.15) is 21.6 Å². The van der Waals surface area contributed by atoms with Crippen LogP contribution >= 0.6 is 0 Å². The van der Waals surface area contributed by atoms with Crippen LogP contribution in [0.15, 0.2) is 57.7 Å². The number of ether oxygens (including phenoxy) is 1. The summed E-state index contributed by atoms with van der Waals surface area (Å²) in [4.78, 5) is 12.0. The van der Waals surface area contributed by atoms with Gasteiger partial charge in [-0.1, -0.05) is 17.3 Å². The summed E-state index contributed by atoms with van der Waals surface area (Å²) in [5.74, 6) is 0.373. The van der Waals surface area contributed by atoms with Crippen LogP contribution in [0.5, 0.6) is 0 Å². The van der Waals surface area contributed by atoms with Crippen molar-refractivity contribution >= 4 is 15.8 Å². The van der Waals surface area contributed by atoms with Crippen molar-refractivity contribution in [2.45, 2.75) is 12.4 Å². The van der Waals surface area contributed by atoms with Gasteiger partial charge in [0.05, 0.1) is 17.6 Å². The molecule has 0 spiro atoms. The number of esters is 1. The van der Waals surface area contributed by atoms with Gasteiger partial charge in [0.15, 0.2) is 15.6 Å². The minimum Gasteiger partial charge on any atom is -0.461 e. The van der Waals surface area contributed by atoms with Crippen molar-refractivity contribution in [1.82, 2.24) is 5.16 Å². The first-order valence-corrected chi connectivity index (χ1v) is 9.40. The molecule has 0 bridgehead atoms. The zero-order valence-corrected chi connectivity index (χ0v) is 14.2. The molecule has 0 fully saturated rings. The van der Waals surface area contributed by atoms with Gasteiger partial charge in [0.2, 0.25) is 5.76 Å². The molecule has 0 aliphatic carbocycles. The SMILES string of the molecule is CS(=O)(=O)Cc1ccc(C(=O)OCc2cc(-c3ccco3)on2)cc1. The van der Waals surface area contributed by atoms with Crippen molar-refractivity contribution in [3.05, 3.63) is 65.5 Å². The van der Waals surface area contributed by atoms with E-state index in [4.69, 9.17) is 13.7 Å². The van der Waals surface area contributed by atoms with Crippen LogP contribution in [-0.2, 0) is 26.9 Å². The molecule has 0 unspecified atom stereocenters. The Morgan fingerprint density at radius 2 is 1.92 bits per heavy atom. The highest BCUT2D eigenvalue weighted by molar-refractivity contribution is 7.89. The first kappa shape index (κ1) is 17.0. The van der Waals surface area contributed by atoms with E-state index in [9.17, 15) is 13.2 Å². The first-order chi connectivity index (χ1) is 11.9. The predicted octanol–water partition coefficient (Wildman–Crippen LogP) is 2.84. The van der Waals surface area contributed by atoms with Crippen LogP contribution in [0.25, 0.3) is 11.5 Å². The van der Waals surface area contributed by atoms with E-state index in [2.05, 4.69) is 5.16 Å². The Balaban J connectivity index is 1.59. The fourth-order valence-corrected chi connectivity index (χ4v) is 2.98. The van der Waals surface area contributed by atoms with Gasteiger partial charge in [-0.05, 0) is 29.8 Å². The second-order valence-electron chi connectivity index (χ2n) is 5.50. The molecule has 2 aromatic heterocycles. The van der Waals surface area contributed by atoms with E-state index in [1.807, 2.05) is 0 Å². The normalized spacial score (nSPS) is 11.4. The molecule has 0 atom stereocenters. The maximum absolute atomic E-state index is 12.0. The highest BCUT2D eigenvalue weighted by Gasteiger charge is 2.13. The third-order valence-electron chi connectivity index (χ3n) is 3.29. The van der Waals surface area contributed by atoms with Gasteiger partial charge in [0.1, 0.15) is 12.3 Å². The molecule has 0 aliphatic heterocycles. The Morgan fingerprint density at radius 3 is 2.56 bits per heavy atom. The molecule has 3 rings (SSSR count). The van der Waals surface area contributed by atoms with Crippen LogP contribution < -0.4 is 0 Å². The topological polar surface area (TPSA) is 99.6 Å². The highest BCUT2D eigenvalue weighted by Crippen LogP contribution is 2.21. The van der Waals surface area contributed by atoms with E-state index in [0.717, 1.165) is 6.26 Å². The fraction of sp³-hybridized carbons (Fsp3) is 0.176. The number of hydrogen-bond acceptors (Lipinski definition) is 7. The molecular weight excluding hydrogens is 346 g/mol. The number of aromatic nitrogens is 1. The Kier molecular flexibility index (Phi) is 4.71. The summed E-state index contributed by atoms with van der Waals surface area (Å²) < 4.78 is 38.0. The number of rotatable bonds is 6. The zero-order valence-electron chi connectivity index (χ0n) is 13.3. The molecule has 0 radical (unpaired) electrons. The summed E-state index contributed by atoms with van der Waals surface area (Å²) in [6.45, 7) is -0.0475. The van der Waals surface area contributed by atoms with Crippen LogP contribution in [0, 0.1) is 0 Å². The molecule has 1 aromatic carbocycles. The number of carbonyl (C=O) groups is 1. The van der Waals surface area contributed by atoms with Gasteiger partial charge in [-0.25, -0.2) is 13.2 Å². The molecule has 3 aromatic rings. The van der Waals surface area contributed by atoms with Gasteiger partial charge < -0.3 is 13.7 Å². The van der Waals surface area contributed by atoms with Crippen LogP contribution in [-0.4, -0.2) is 25.8 Å². The highest BCUT2D eigenvalue weighted by atomic mass is 32.2. The zero-order chi connectivity index (χ0) is 17.9. The molecular formula is C17H15NO6S. The van der Waals surface area contributed by atoms with Crippen molar-refractivity contribution < 1.29 is 26.9 Å². The van der Waals surface area contributed by atoms with Crippen molar-refractivity contribution in [1.29, 1.82) is 0 Å². The minimum absolute atomic E-state index is 0.0475. The van der Waals surface area contributed by atoms with Crippen molar-refractivity contribution in [3.8, 4) is 11.5 Å². The van der Waals surface area contributed by atoms with E-state index in [1.54, 1.807) is 30.3 Å². The largest absolute Gasteiger partial charge is 0.461 e. The van der Waals surface area contributed by atoms with Gasteiger partial charge in [-0.2, -0.15) is 0 Å². The predicted molar refractivity (Wildman–Crippen MR) is 88.3 cm³/mol. The molecule has 0 saturated carbocycles. The third kappa shape index (κ3) is 4.57. The monoisotopic (exact) mass is 361 g/mol. The molecule has 130 valence electrons. The Labute approximate surface area is 144 Å². The average molecular weight is 361 g/mol. The lowest BCUT2D eigenvalue weighted by molar-refractivity contribution is 0.0464. The standard InChI is InChI=1S/C17H15NO6S/c1-25(20,21)11-12-4-6-13(7-5-12)17(19)23-10-14-9-16(24-18-14)15-3-2-8-22-15/h2-9H,10-11H2,1H3. The third-order valence-corrected chi connectivity index (χ3v) is 4.15. The van der Waals surface area contributed by atoms with Gasteiger partial charge in [0.25, 0.3) is 0 Å². The molecule has 0 amide bonds. The fourth-order valence-electron chi connectivity index (χ4n) is 2.18. The summed E-state index contributed by atoms with van der Waals surface area (Å²) in [7, 11) is -3.12. The maximum Gasteiger partial charge on any atom is 0.338 e. The first-order valence-electron chi connectivity index (χ1n) is 7.34. The van der Waals surface area contributed by atoms with Crippen molar-refractivity contribution in [2.24, 2.45) is 0 Å². The molecule has 0 N–H and O–H groups in total. The summed E-state index contributed by atoms with van der Waals surface area (Å²) in [6.07, 6.45) is 2.68. The summed E-state index contributed by atoms with van der Waals surface area (Å²) in [6, 6.07) is 11.3. The molecule has 7 nitrogen and oxygen atoms in total. The molecule has 0 saturated heterocycles. The summed E-state index contributed by atoms with van der Waals surface area (Å²) in [5, 5.41) is 3.81. The number of carbonyl (C=O) groups excluding carboxylic acids is 1. The van der Waals surface area contributed by atoms with Gasteiger partial charge in [-0.3, -0.25) is 0 Å². The van der Waals surface area contributed by atoms with E-state index in [1.165, 1.54) is 18.4 Å². The average Bonchev–Trinajstić information content (AvgIpc) is 3.23. The number of nitrogens with zero attached hydrogens (tertiary/aromatic N) is 1. The minimum atomic E-state index is -3.12. The van der Waals surface area contributed by atoms with Crippen LogP contribution in [0.4, 0.5) is 0 Å². The van der Waals surface area contributed by atoms with Gasteiger partial charge >= 0.3 is 5.97 Å². The van der Waals surface area contributed by atoms with Crippen molar-refractivity contribution in [2.75, 3.05) is 6.26 Å². The van der Waals surface area contributed by atoms with Crippen molar-refractivity contribution in [3.63, 3.8) is 0 Å². The summed E-state index contributed by atoms with van der Waals surface area (Å²) >= 11 is 0. The molecule has 8 heteroatoms. The number of benzene rings is 1. The van der Waals surface area contributed by atoms with Crippen LogP contribution in [0.2, 0.25) is 0 Å². The van der Waals surface area contributed by atoms with E-state index in [0.29, 0.717) is 28.3 Å². The van der Waals surface area contributed by atoms with E-state index in [-0.39, 0.29) is 12.4 Å². The lowest BCUT2D eigenvalue weighted by Crippen LogP contribution is -2.06. The molecule has 25 heavy (non-hydrogen) atoms. The van der Waals surface area contributed by atoms with E-state index < -0.39 is 15.8 Å². The number of furan rings is 1. The summed E-state index contributed by atoms with van der Waals surface area (Å²) in [5.41, 5.74) is 1.39. The Hall–Kier alpha value is -2.87. The smallest absolute Gasteiger partial charge is 0.338 e. The van der Waals surface area contributed by atoms with E-state index >= 15 is 0 Å². The van der Waals surface area contributed by atoms with Gasteiger partial charge in [-0.15, -0.1) is 0 Å². The van der Waals surface area contributed by atoms with Gasteiger partial charge in [0, 0.05) is 12.3 Å². The quantitative estimate of drug-likeness (QED) is 0.622. The number of hydrogen-bond donors (Lipinski definition) is 0. The lowest BCUT2D eigenvalue weighted by atomic mass is 10.1. The number of sulfone groups is 1. The molecule has 0 aliphatic rings. The second-order valence-corrected chi connectivity index (χ2v) is 7.64. The second kappa shape index (κ2) is 6.94. The Bertz CT molecular complexity index is 955. The van der Waals surface area contributed by atoms with Crippen LogP contribution in [0.3, 0.4) is 0 Å².